The third-order valence-corrected chi connectivity index (χ3v) is 2.66. The lowest BCUT2D eigenvalue weighted by Crippen LogP contribution is -2.08. The second-order valence-electron chi connectivity index (χ2n) is 2.83. The molecule has 0 spiro atoms. The Morgan fingerprint density at radius 1 is 1.42 bits per heavy atom. The highest BCUT2D eigenvalue weighted by atomic mass is 79.9. The van der Waals surface area contributed by atoms with Crippen LogP contribution in [0.5, 0.6) is 5.75 Å². The molecule has 0 N–H and O–H groups in total. The lowest BCUT2D eigenvalue weighted by atomic mass is 10.1. The van der Waals surface area contributed by atoms with Crippen molar-refractivity contribution in [1.82, 2.24) is 0 Å². The highest BCUT2D eigenvalue weighted by molar-refractivity contribution is 9.10. The number of hydrogen-bond acceptors (Lipinski definition) is 1. The van der Waals surface area contributed by atoms with Gasteiger partial charge in [0.1, 0.15) is 5.75 Å². The first-order valence-corrected chi connectivity index (χ1v) is 5.05. The highest BCUT2D eigenvalue weighted by Gasteiger charge is 2.14. The van der Waals surface area contributed by atoms with Crippen LogP contribution in [0.15, 0.2) is 16.6 Å². The predicted octanol–water partition coefficient (Wildman–Crippen LogP) is 3.43. The quantitative estimate of drug-likeness (QED) is 0.682. The van der Waals surface area contributed by atoms with Crippen LogP contribution >= 0.6 is 27.5 Å². The summed E-state index contributed by atoms with van der Waals surface area (Å²) in [7, 11) is 0. The van der Waals surface area contributed by atoms with E-state index in [1.807, 2.05) is 6.07 Å². The van der Waals surface area contributed by atoms with Gasteiger partial charge in [0, 0.05) is 4.47 Å². The fourth-order valence-electron chi connectivity index (χ4n) is 1.40. The largest absolute Gasteiger partial charge is 0.492 e. The van der Waals surface area contributed by atoms with E-state index in [1.165, 1.54) is 5.56 Å². The van der Waals surface area contributed by atoms with Gasteiger partial charge >= 0.3 is 0 Å². The van der Waals surface area contributed by atoms with Gasteiger partial charge < -0.3 is 4.74 Å². The molecule has 12 heavy (non-hydrogen) atoms. The molecule has 0 aliphatic carbocycles. The van der Waals surface area contributed by atoms with E-state index in [2.05, 4.69) is 22.0 Å². The Bertz CT molecular complexity index is 312. The normalized spacial score (nSPS) is 15.2. The van der Waals surface area contributed by atoms with E-state index in [0.29, 0.717) is 5.02 Å². The summed E-state index contributed by atoms with van der Waals surface area (Å²) in [5, 5.41) is 0.707. The zero-order valence-electron chi connectivity index (χ0n) is 6.44. The van der Waals surface area contributed by atoms with E-state index >= 15 is 0 Å². The van der Waals surface area contributed by atoms with Crippen molar-refractivity contribution >= 4 is 27.5 Å². The molecule has 0 saturated carbocycles. The minimum atomic E-state index is 0.707. The maximum atomic E-state index is 5.99. The molecule has 0 amide bonds. The minimum absolute atomic E-state index is 0.707. The summed E-state index contributed by atoms with van der Waals surface area (Å²) in [5.41, 5.74) is 1.21. The fourth-order valence-corrected chi connectivity index (χ4v) is 2.33. The molecular weight excluding hydrogens is 239 g/mol. The van der Waals surface area contributed by atoms with Crippen LogP contribution in [0.3, 0.4) is 0 Å². The molecule has 64 valence electrons. The van der Waals surface area contributed by atoms with E-state index < -0.39 is 0 Å². The van der Waals surface area contributed by atoms with Crippen molar-refractivity contribution in [1.29, 1.82) is 0 Å². The number of halogens is 2. The third kappa shape index (κ3) is 1.46. The number of aryl methyl sites for hydroxylation is 1. The fraction of sp³-hybridized carbons (Fsp3) is 0.333. The zero-order valence-corrected chi connectivity index (χ0v) is 8.78. The molecule has 1 aromatic rings. The van der Waals surface area contributed by atoms with Crippen LogP contribution in [-0.2, 0) is 6.42 Å². The summed E-state index contributed by atoms with van der Waals surface area (Å²) < 4.78 is 6.48. The average molecular weight is 248 g/mol. The van der Waals surface area contributed by atoms with Crippen LogP contribution in [-0.4, -0.2) is 6.61 Å². The monoisotopic (exact) mass is 246 g/mol. The lowest BCUT2D eigenvalue weighted by Gasteiger charge is -2.18. The summed E-state index contributed by atoms with van der Waals surface area (Å²) >= 11 is 9.39. The molecule has 0 unspecified atom stereocenters. The van der Waals surface area contributed by atoms with Crippen LogP contribution < -0.4 is 4.74 Å². The lowest BCUT2D eigenvalue weighted by molar-refractivity contribution is 0.288. The Labute approximate surface area is 84.8 Å². The van der Waals surface area contributed by atoms with Gasteiger partial charge in [0.2, 0.25) is 0 Å². The summed E-state index contributed by atoms with van der Waals surface area (Å²) in [6.07, 6.45) is 2.15. The molecule has 3 heteroatoms. The standard InChI is InChI=1S/C9H8BrClO/c10-7-4-6-2-1-3-12-9(6)8(11)5-7/h4-5H,1-3H2. The van der Waals surface area contributed by atoms with Crippen molar-refractivity contribution in [2.75, 3.05) is 6.61 Å². The number of hydrogen-bond donors (Lipinski definition) is 0. The average Bonchev–Trinajstić information content (AvgIpc) is 2.04. The van der Waals surface area contributed by atoms with E-state index in [0.717, 1.165) is 29.7 Å². The molecule has 1 aromatic carbocycles. The van der Waals surface area contributed by atoms with Gasteiger partial charge in [-0.3, -0.25) is 0 Å². The number of benzene rings is 1. The Morgan fingerprint density at radius 3 is 3.08 bits per heavy atom. The van der Waals surface area contributed by atoms with Crippen molar-refractivity contribution in [2.24, 2.45) is 0 Å². The Hall–Kier alpha value is -0.210. The van der Waals surface area contributed by atoms with Crippen molar-refractivity contribution in [2.45, 2.75) is 12.8 Å². The zero-order chi connectivity index (χ0) is 8.55. The van der Waals surface area contributed by atoms with Crippen molar-refractivity contribution in [3.05, 3.63) is 27.2 Å². The van der Waals surface area contributed by atoms with Crippen molar-refractivity contribution in [3.63, 3.8) is 0 Å². The van der Waals surface area contributed by atoms with E-state index in [9.17, 15) is 0 Å². The molecule has 0 bridgehead atoms. The molecule has 1 aliphatic heterocycles. The molecule has 1 aliphatic rings. The van der Waals surface area contributed by atoms with Crippen molar-refractivity contribution in [3.8, 4) is 5.75 Å². The second-order valence-corrected chi connectivity index (χ2v) is 4.15. The van der Waals surface area contributed by atoms with Crippen LogP contribution in [0.1, 0.15) is 12.0 Å². The highest BCUT2D eigenvalue weighted by Crippen LogP contribution is 2.35. The smallest absolute Gasteiger partial charge is 0.141 e. The van der Waals surface area contributed by atoms with E-state index in [-0.39, 0.29) is 0 Å². The number of fused-ring (bicyclic) bond motifs is 1. The summed E-state index contributed by atoms with van der Waals surface area (Å²) in [6.45, 7) is 0.786. The van der Waals surface area contributed by atoms with Crippen LogP contribution in [0, 0.1) is 0 Å². The minimum Gasteiger partial charge on any atom is -0.492 e. The molecule has 0 fully saturated rings. The summed E-state index contributed by atoms with van der Waals surface area (Å²) in [4.78, 5) is 0. The second kappa shape index (κ2) is 3.27. The molecule has 0 atom stereocenters. The Kier molecular flexibility index (Phi) is 2.28. The van der Waals surface area contributed by atoms with Crippen LogP contribution in [0.4, 0.5) is 0 Å². The Balaban J connectivity index is 2.53. The summed E-state index contributed by atoms with van der Waals surface area (Å²) in [5.74, 6) is 0.867. The first-order chi connectivity index (χ1) is 5.77. The molecule has 2 rings (SSSR count). The van der Waals surface area contributed by atoms with Crippen molar-refractivity contribution < 1.29 is 4.74 Å². The Morgan fingerprint density at radius 2 is 2.25 bits per heavy atom. The van der Waals surface area contributed by atoms with Crippen LogP contribution in [0.25, 0.3) is 0 Å². The number of rotatable bonds is 0. The van der Waals surface area contributed by atoms with E-state index in [1.54, 1.807) is 0 Å². The van der Waals surface area contributed by atoms with Gasteiger partial charge in [-0.25, -0.2) is 0 Å². The number of ether oxygens (including phenoxy) is 1. The van der Waals surface area contributed by atoms with Gasteiger partial charge in [0.15, 0.2) is 0 Å². The first-order valence-electron chi connectivity index (χ1n) is 3.88. The van der Waals surface area contributed by atoms with Gasteiger partial charge in [0.05, 0.1) is 11.6 Å². The van der Waals surface area contributed by atoms with E-state index in [4.69, 9.17) is 16.3 Å². The van der Waals surface area contributed by atoms with Gasteiger partial charge in [-0.15, -0.1) is 0 Å². The molecule has 0 saturated heterocycles. The van der Waals surface area contributed by atoms with Gasteiger partial charge in [-0.2, -0.15) is 0 Å². The van der Waals surface area contributed by atoms with Gasteiger partial charge in [-0.05, 0) is 30.5 Å². The predicted molar refractivity (Wildman–Crippen MR) is 53.0 cm³/mol. The molecule has 1 nitrogen and oxygen atoms in total. The maximum absolute atomic E-state index is 5.99. The van der Waals surface area contributed by atoms with Crippen LogP contribution in [0.2, 0.25) is 5.02 Å². The maximum Gasteiger partial charge on any atom is 0.141 e. The first kappa shape index (κ1) is 8.39. The molecule has 0 radical (unpaired) electrons. The molecule has 0 aromatic heterocycles. The van der Waals surface area contributed by atoms with Gasteiger partial charge in [0.25, 0.3) is 0 Å². The third-order valence-electron chi connectivity index (χ3n) is 1.92. The molecular formula is C9H8BrClO. The topological polar surface area (TPSA) is 9.23 Å². The van der Waals surface area contributed by atoms with Gasteiger partial charge in [-0.1, -0.05) is 27.5 Å². The summed E-state index contributed by atoms with van der Waals surface area (Å²) in [6, 6.07) is 3.94. The molecule has 1 heterocycles. The SMILES string of the molecule is Clc1cc(Br)cc2c1OCCC2.